The van der Waals surface area contributed by atoms with Crippen molar-refractivity contribution in [2.75, 3.05) is 12.4 Å². The number of benzene rings is 2. The molecule has 2 aromatic rings. The van der Waals surface area contributed by atoms with Crippen LogP contribution >= 0.6 is 0 Å². The Morgan fingerprint density at radius 1 is 1.08 bits per heavy atom. The van der Waals surface area contributed by atoms with E-state index in [0.29, 0.717) is 5.69 Å². The Kier molecular flexibility index (Phi) is 6.31. The molecule has 0 bridgehead atoms. The highest BCUT2D eigenvalue weighted by Crippen LogP contribution is 2.13. The third kappa shape index (κ3) is 5.57. The molecule has 138 valence electrons. The quantitative estimate of drug-likeness (QED) is 0.653. The van der Waals surface area contributed by atoms with Crippen LogP contribution in [-0.4, -0.2) is 33.6 Å². The van der Waals surface area contributed by atoms with Gasteiger partial charge in [-0.3, -0.25) is 0 Å². The van der Waals surface area contributed by atoms with E-state index >= 15 is 0 Å². The smallest absolute Gasteiger partial charge is 0.328 e. The molecule has 9 heteroatoms. The Morgan fingerprint density at radius 2 is 1.69 bits per heavy atom. The largest absolute Gasteiger partial charge is 0.467 e. The van der Waals surface area contributed by atoms with Gasteiger partial charge in [-0.1, -0.05) is 30.3 Å². The van der Waals surface area contributed by atoms with Crippen LogP contribution in [0.3, 0.4) is 0 Å². The van der Waals surface area contributed by atoms with E-state index in [0.717, 1.165) is 5.56 Å². The average Bonchev–Trinajstić information content (AvgIpc) is 2.61. The first-order valence-corrected chi connectivity index (χ1v) is 9.16. The minimum absolute atomic E-state index is 0.0695. The number of urea groups is 1. The molecule has 0 fully saturated rings. The van der Waals surface area contributed by atoms with E-state index in [-0.39, 0.29) is 11.3 Å². The Bertz CT molecular complexity index is 867. The van der Waals surface area contributed by atoms with Gasteiger partial charge in [0.15, 0.2) is 0 Å². The monoisotopic (exact) mass is 377 g/mol. The van der Waals surface area contributed by atoms with E-state index < -0.39 is 28.1 Å². The van der Waals surface area contributed by atoms with Crippen molar-refractivity contribution in [2.45, 2.75) is 17.4 Å². The number of primary sulfonamides is 1. The van der Waals surface area contributed by atoms with Gasteiger partial charge < -0.3 is 15.4 Å². The van der Waals surface area contributed by atoms with E-state index in [9.17, 15) is 18.0 Å². The second kappa shape index (κ2) is 8.45. The number of rotatable bonds is 6. The molecule has 0 aliphatic carbocycles. The van der Waals surface area contributed by atoms with Gasteiger partial charge in [0.05, 0.1) is 12.0 Å². The maximum Gasteiger partial charge on any atom is 0.328 e. The standard InChI is InChI=1S/C17H19N3O5S/c1-25-16(21)15(11-12-5-3-2-4-6-12)20-17(22)19-13-7-9-14(10-8-13)26(18,23)24/h2-10,15H,11H2,1H3,(H2,18,23,24)(H2,19,20,22). The van der Waals surface area contributed by atoms with Crippen LogP contribution in [0.4, 0.5) is 10.5 Å². The van der Waals surface area contributed by atoms with Crippen molar-refractivity contribution >= 4 is 27.7 Å². The average molecular weight is 377 g/mol. The van der Waals surface area contributed by atoms with E-state index in [1.807, 2.05) is 30.3 Å². The van der Waals surface area contributed by atoms with Gasteiger partial charge in [0.2, 0.25) is 10.0 Å². The molecule has 2 rings (SSSR count). The molecule has 0 radical (unpaired) electrons. The number of amides is 2. The maximum absolute atomic E-state index is 12.1. The predicted octanol–water partition coefficient (Wildman–Crippen LogP) is 1.24. The third-order valence-corrected chi connectivity index (χ3v) is 4.44. The van der Waals surface area contributed by atoms with Gasteiger partial charge in [-0.15, -0.1) is 0 Å². The number of anilines is 1. The van der Waals surface area contributed by atoms with Crippen molar-refractivity contribution < 1.29 is 22.7 Å². The molecule has 2 aromatic carbocycles. The molecular weight excluding hydrogens is 358 g/mol. The number of hydrogen-bond acceptors (Lipinski definition) is 5. The first-order valence-electron chi connectivity index (χ1n) is 7.61. The molecule has 0 saturated carbocycles. The summed E-state index contributed by atoms with van der Waals surface area (Å²) in [5, 5.41) is 10.1. The molecule has 2 amide bonds. The molecule has 0 aliphatic heterocycles. The number of hydrogen-bond donors (Lipinski definition) is 3. The van der Waals surface area contributed by atoms with Crippen LogP contribution in [0.25, 0.3) is 0 Å². The lowest BCUT2D eigenvalue weighted by atomic mass is 10.1. The Balaban J connectivity index is 2.03. The fourth-order valence-electron chi connectivity index (χ4n) is 2.24. The molecule has 1 atom stereocenters. The zero-order chi connectivity index (χ0) is 19.2. The van der Waals surface area contributed by atoms with Crippen LogP contribution in [-0.2, 0) is 26.0 Å². The van der Waals surface area contributed by atoms with Gasteiger partial charge in [-0.05, 0) is 29.8 Å². The highest BCUT2D eigenvalue weighted by molar-refractivity contribution is 7.89. The molecule has 0 saturated heterocycles. The lowest BCUT2D eigenvalue weighted by Crippen LogP contribution is -2.45. The van der Waals surface area contributed by atoms with Gasteiger partial charge in [-0.2, -0.15) is 0 Å². The van der Waals surface area contributed by atoms with Crippen molar-refractivity contribution in [1.29, 1.82) is 0 Å². The lowest BCUT2D eigenvalue weighted by molar-refractivity contribution is -0.142. The molecule has 4 N–H and O–H groups in total. The van der Waals surface area contributed by atoms with Gasteiger partial charge in [0.25, 0.3) is 0 Å². The van der Waals surface area contributed by atoms with E-state index in [2.05, 4.69) is 10.6 Å². The zero-order valence-corrected chi connectivity index (χ0v) is 14.8. The summed E-state index contributed by atoms with van der Waals surface area (Å²) in [5.74, 6) is -0.575. The third-order valence-electron chi connectivity index (χ3n) is 3.51. The Morgan fingerprint density at radius 3 is 2.23 bits per heavy atom. The van der Waals surface area contributed by atoms with E-state index in [1.165, 1.54) is 31.4 Å². The van der Waals surface area contributed by atoms with Gasteiger partial charge in [0.1, 0.15) is 6.04 Å². The summed E-state index contributed by atoms with van der Waals surface area (Å²) in [6, 6.07) is 13.0. The molecule has 8 nitrogen and oxygen atoms in total. The summed E-state index contributed by atoms with van der Waals surface area (Å²) >= 11 is 0. The summed E-state index contributed by atoms with van der Waals surface area (Å²) < 4.78 is 27.2. The fourth-order valence-corrected chi connectivity index (χ4v) is 2.75. The topological polar surface area (TPSA) is 128 Å². The van der Waals surface area contributed by atoms with Crippen molar-refractivity contribution in [3.8, 4) is 0 Å². The van der Waals surface area contributed by atoms with E-state index in [4.69, 9.17) is 9.88 Å². The summed E-state index contributed by atoms with van der Waals surface area (Å²) in [5.41, 5.74) is 1.21. The van der Waals surface area contributed by atoms with Gasteiger partial charge >= 0.3 is 12.0 Å². The number of sulfonamides is 1. The number of ether oxygens (including phenoxy) is 1. The molecule has 1 unspecified atom stereocenters. The minimum atomic E-state index is -3.81. The zero-order valence-electron chi connectivity index (χ0n) is 14.0. The summed E-state index contributed by atoms with van der Waals surface area (Å²) in [4.78, 5) is 24.0. The first-order chi connectivity index (χ1) is 12.3. The van der Waals surface area contributed by atoms with Crippen LogP contribution in [0.1, 0.15) is 5.56 Å². The number of methoxy groups -OCH3 is 1. The van der Waals surface area contributed by atoms with Gasteiger partial charge in [0, 0.05) is 12.1 Å². The fraction of sp³-hybridized carbons (Fsp3) is 0.176. The SMILES string of the molecule is COC(=O)C(Cc1ccccc1)NC(=O)Nc1ccc(S(N)(=O)=O)cc1. The maximum atomic E-state index is 12.1. The van der Waals surface area contributed by atoms with Crippen LogP contribution in [0.5, 0.6) is 0 Å². The Hall–Kier alpha value is -2.91. The minimum Gasteiger partial charge on any atom is -0.467 e. The number of esters is 1. The Labute approximate surface area is 151 Å². The first kappa shape index (κ1) is 19.4. The second-order valence-corrected chi connectivity index (χ2v) is 6.99. The highest BCUT2D eigenvalue weighted by Gasteiger charge is 2.22. The summed E-state index contributed by atoms with van der Waals surface area (Å²) in [6.07, 6.45) is 0.269. The highest BCUT2D eigenvalue weighted by atomic mass is 32.2. The van der Waals surface area contributed by atoms with Crippen molar-refractivity contribution in [3.05, 3.63) is 60.2 Å². The molecule has 26 heavy (non-hydrogen) atoms. The number of carbonyl (C=O) groups excluding carboxylic acids is 2. The second-order valence-electron chi connectivity index (χ2n) is 5.43. The molecule has 0 aromatic heterocycles. The van der Waals surface area contributed by atoms with Crippen LogP contribution in [0.2, 0.25) is 0 Å². The summed E-state index contributed by atoms with van der Waals surface area (Å²) in [7, 11) is -2.56. The number of nitrogens with two attached hydrogens (primary N) is 1. The van der Waals surface area contributed by atoms with Crippen LogP contribution < -0.4 is 15.8 Å². The summed E-state index contributed by atoms with van der Waals surface area (Å²) in [6.45, 7) is 0. The molecule has 0 spiro atoms. The molecule has 0 aliphatic rings. The van der Waals surface area contributed by atoms with Crippen LogP contribution in [0.15, 0.2) is 59.5 Å². The number of nitrogens with one attached hydrogen (secondary N) is 2. The van der Waals surface area contributed by atoms with Crippen LogP contribution in [0, 0.1) is 0 Å². The molecule has 0 heterocycles. The van der Waals surface area contributed by atoms with Crippen molar-refractivity contribution in [2.24, 2.45) is 5.14 Å². The van der Waals surface area contributed by atoms with Crippen molar-refractivity contribution in [3.63, 3.8) is 0 Å². The number of carbonyl (C=O) groups is 2. The van der Waals surface area contributed by atoms with Crippen molar-refractivity contribution in [1.82, 2.24) is 5.32 Å². The van der Waals surface area contributed by atoms with Gasteiger partial charge in [-0.25, -0.2) is 23.1 Å². The van der Waals surface area contributed by atoms with E-state index in [1.54, 1.807) is 0 Å². The normalized spacial score (nSPS) is 12.1. The predicted molar refractivity (Wildman–Crippen MR) is 95.9 cm³/mol. The molecular formula is C17H19N3O5S. The lowest BCUT2D eigenvalue weighted by Gasteiger charge is -2.17.